The summed E-state index contributed by atoms with van der Waals surface area (Å²) in [5, 5.41) is 0. The van der Waals surface area contributed by atoms with E-state index in [0.29, 0.717) is 6.61 Å². The molecule has 0 bridgehead atoms. The molecule has 0 rings (SSSR count). The summed E-state index contributed by atoms with van der Waals surface area (Å²) in [6, 6.07) is 0. The molecule has 0 radical (unpaired) electrons. The summed E-state index contributed by atoms with van der Waals surface area (Å²) in [6.07, 6.45) is 0.824. The third-order valence-corrected chi connectivity index (χ3v) is 7.55. The van der Waals surface area contributed by atoms with Crippen LogP contribution in [0, 0.1) is 17.8 Å². The van der Waals surface area contributed by atoms with Gasteiger partial charge in [-0.1, -0.05) is 41.5 Å². The number of likely N-dealkylation sites (N-methyl/N-ethyl adjacent to an activating group) is 1. The Kier molecular flexibility index (Phi) is 19.7. The van der Waals surface area contributed by atoms with Gasteiger partial charge in [0.1, 0.15) is 22.9 Å². The number of nitrogens with zero attached hydrogens (tertiary/aromatic N) is 1. The van der Waals surface area contributed by atoms with Crippen molar-refractivity contribution in [3.63, 3.8) is 0 Å². The number of carbonyl (C=O) groups is 4. The van der Waals surface area contributed by atoms with Gasteiger partial charge in [-0.3, -0.25) is 19.2 Å². The van der Waals surface area contributed by atoms with E-state index in [-0.39, 0.29) is 112 Å². The van der Waals surface area contributed by atoms with Gasteiger partial charge in [-0.05, 0) is 41.5 Å². The van der Waals surface area contributed by atoms with E-state index in [1.54, 1.807) is 11.9 Å². The minimum absolute atomic E-state index is 0.0302. The molecule has 0 saturated heterocycles. The van der Waals surface area contributed by atoms with Crippen LogP contribution in [0.2, 0.25) is 0 Å². The topological polar surface area (TPSA) is 118 Å². The van der Waals surface area contributed by atoms with Crippen molar-refractivity contribution in [3.8, 4) is 0 Å². The standard InChI is InChI=1S/C35H65NO9/c1-25(2)29(37)14-17-41-22-35(23-42-18-15-30(38)26(3)4,24-43-19-16-31(39)27(5)6)36(13)32(40)20-33(9,10)44-21-34(11,12)45-28(7)8/h25-28H,14-24H2,1-13H3. The molecule has 0 aliphatic heterocycles. The number of Topliss-reactive ketones (excluding diaryl/α,β-unsaturated/α-hetero) is 3. The normalized spacial score (nSPS) is 12.9. The zero-order chi connectivity index (χ0) is 35.0. The highest BCUT2D eigenvalue weighted by molar-refractivity contribution is 5.81. The molecule has 0 fully saturated rings. The van der Waals surface area contributed by atoms with Crippen molar-refractivity contribution < 1.29 is 42.9 Å². The molecule has 0 heterocycles. The molecule has 0 aromatic rings. The first-order valence-corrected chi connectivity index (χ1v) is 16.5. The molecule has 0 spiro atoms. The van der Waals surface area contributed by atoms with E-state index in [0.717, 1.165) is 0 Å². The molecule has 0 aliphatic rings. The summed E-state index contributed by atoms with van der Waals surface area (Å²) in [4.78, 5) is 52.2. The highest BCUT2D eigenvalue weighted by Crippen LogP contribution is 2.25. The quantitative estimate of drug-likeness (QED) is 0.113. The fourth-order valence-corrected chi connectivity index (χ4v) is 4.43. The van der Waals surface area contributed by atoms with Crippen molar-refractivity contribution in [2.24, 2.45) is 17.8 Å². The van der Waals surface area contributed by atoms with Crippen LogP contribution in [-0.4, -0.2) is 104 Å². The highest BCUT2D eigenvalue weighted by Gasteiger charge is 2.41. The van der Waals surface area contributed by atoms with Gasteiger partial charge >= 0.3 is 0 Å². The van der Waals surface area contributed by atoms with Crippen molar-refractivity contribution in [1.29, 1.82) is 0 Å². The molecule has 0 unspecified atom stereocenters. The Bertz CT molecular complexity index is 839. The number of amides is 1. The molecular weight excluding hydrogens is 578 g/mol. The van der Waals surface area contributed by atoms with Gasteiger partial charge < -0.3 is 28.6 Å². The SMILES string of the molecule is CC(C)OC(C)(C)COC(C)(C)CC(=O)N(C)C(COCCC(=O)C(C)C)(COCCC(=O)C(C)C)COCCC(=O)C(C)C. The van der Waals surface area contributed by atoms with Gasteiger partial charge in [-0.2, -0.15) is 0 Å². The monoisotopic (exact) mass is 643 g/mol. The van der Waals surface area contributed by atoms with E-state index in [1.165, 1.54) is 0 Å². The Morgan fingerprint density at radius 1 is 0.578 bits per heavy atom. The molecule has 264 valence electrons. The van der Waals surface area contributed by atoms with Gasteiger partial charge in [-0.15, -0.1) is 0 Å². The Hall–Kier alpha value is -1.72. The third kappa shape index (κ3) is 18.3. The predicted octanol–water partition coefficient (Wildman–Crippen LogP) is 5.47. The Balaban J connectivity index is 6.02. The molecule has 10 nitrogen and oxygen atoms in total. The van der Waals surface area contributed by atoms with Crippen molar-refractivity contribution in [3.05, 3.63) is 0 Å². The average molecular weight is 644 g/mol. The number of hydrogen-bond donors (Lipinski definition) is 0. The minimum atomic E-state index is -1.09. The molecule has 0 atom stereocenters. The van der Waals surface area contributed by atoms with Crippen LogP contribution in [0.25, 0.3) is 0 Å². The Morgan fingerprint density at radius 2 is 0.933 bits per heavy atom. The summed E-state index contributed by atoms with van der Waals surface area (Å²) in [5.74, 6) is -0.285. The molecule has 1 amide bonds. The lowest BCUT2D eigenvalue weighted by molar-refractivity contribution is -0.163. The number of carbonyl (C=O) groups excluding carboxylic acids is 4. The van der Waals surface area contributed by atoms with E-state index in [9.17, 15) is 19.2 Å². The molecule has 0 aliphatic carbocycles. The van der Waals surface area contributed by atoms with E-state index < -0.39 is 16.7 Å². The predicted molar refractivity (Wildman–Crippen MR) is 176 cm³/mol. The smallest absolute Gasteiger partial charge is 0.225 e. The average Bonchev–Trinajstić information content (AvgIpc) is 2.92. The zero-order valence-electron chi connectivity index (χ0n) is 30.7. The molecule has 0 aromatic carbocycles. The van der Waals surface area contributed by atoms with Crippen LogP contribution in [0.4, 0.5) is 0 Å². The van der Waals surface area contributed by atoms with Gasteiger partial charge in [-0.25, -0.2) is 0 Å². The molecule has 0 N–H and O–H groups in total. The molecule has 45 heavy (non-hydrogen) atoms. The van der Waals surface area contributed by atoms with E-state index in [2.05, 4.69) is 0 Å². The Labute approximate surface area is 273 Å². The van der Waals surface area contributed by atoms with E-state index in [4.69, 9.17) is 23.7 Å². The fourth-order valence-electron chi connectivity index (χ4n) is 4.43. The summed E-state index contributed by atoms with van der Waals surface area (Å²) in [6.45, 7) is 23.6. The third-order valence-electron chi connectivity index (χ3n) is 7.55. The zero-order valence-corrected chi connectivity index (χ0v) is 30.7. The van der Waals surface area contributed by atoms with Crippen LogP contribution in [0.15, 0.2) is 0 Å². The number of ether oxygens (including phenoxy) is 5. The maximum absolute atomic E-state index is 13.9. The second-order valence-corrected chi connectivity index (χ2v) is 14.6. The van der Waals surface area contributed by atoms with Crippen LogP contribution in [0.1, 0.15) is 109 Å². The van der Waals surface area contributed by atoms with Crippen molar-refractivity contribution in [1.82, 2.24) is 4.90 Å². The summed E-state index contributed by atoms with van der Waals surface area (Å²) in [5.41, 5.74) is -2.43. The van der Waals surface area contributed by atoms with Crippen molar-refractivity contribution >= 4 is 23.3 Å². The lowest BCUT2D eigenvalue weighted by Crippen LogP contribution is -2.60. The minimum Gasteiger partial charge on any atom is -0.378 e. The molecule has 0 aromatic heterocycles. The summed E-state index contributed by atoms with van der Waals surface area (Å²) >= 11 is 0. The first-order chi connectivity index (χ1) is 20.6. The maximum Gasteiger partial charge on any atom is 0.225 e. The van der Waals surface area contributed by atoms with Crippen molar-refractivity contribution in [2.45, 2.75) is 132 Å². The lowest BCUT2D eigenvalue weighted by Gasteiger charge is -2.42. The molecule has 10 heteroatoms. The van der Waals surface area contributed by atoms with Crippen LogP contribution >= 0.6 is 0 Å². The number of rotatable bonds is 26. The second kappa shape index (κ2) is 20.5. The van der Waals surface area contributed by atoms with Gasteiger partial charge in [0.2, 0.25) is 5.91 Å². The second-order valence-electron chi connectivity index (χ2n) is 14.6. The van der Waals surface area contributed by atoms with E-state index >= 15 is 0 Å². The highest BCUT2D eigenvalue weighted by atomic mass is 16.6. The lowest BCUT2D eigenvalue weighted by atomic mass is 9.97. The first-order valence-electron chi connectivity index (χ1n) is 16.5. The number of hydrogen-bond acceptors (Lipinski definition) is 9. The van der Waals surface area contributed by atoms with Crippen molar-refractivity contribution in [2.75, 3.05) is 53.3 Å². The summed E-state index contributed by atoms with van der Waals surface area (Å²) < 4.78 is 30.2. The molecule has 0 saturated carbocycles. The van der Waals surface area contributed by atoms with Gasteiger partial charge in [0.15, 0.2) is 0 Å². The number of ketones is 3. The Morgan fingerprint density at radius 3 is 1.24 bits per heavy atom. The van der Waals surface area contributed by atoms with Gasteiger partial charge in [0.05, 0.1) is 70.0 Å². The van der Waals surface area contributed by atoms with Crippen LogP contribution in [0.5, 0.6) is 0 Å². The largest absolute Gasteiger partial charge is 0.378 e. The van der Waals surface area contributed by atoms with E-state index in [1.807, 2.05) is 83.1 Å². The first kappa shape index (κ1) is 43.3. The van der Waals surface area contributed by atoms with Crippen LogP contribution in [0.3, 0.4) is 0 Å². The molecular formula is C35H65NO9. The van der Waals surface area contributed by atoms with Crippen LogP contribution in [-0.2, 0) is 42.9 Å². The fraction of sp³-hybridized carbons (Fsp3) is 0.886. The van der Waals surface area contributed by atoms with Gasteiger partial charge in [0, 0.05) is 44.1 Å². The maximum atomic E-state index is 13.9. The summed E-state index contributed by atoms with van der Waals surface area (Å²) in [7, 11) is 1.68. The van der Waals surface area contributed by atoms with Crippen LogP contribution < -0.4 is 0 Å². The van der Waals surface area contributed by atoms with Gasteiger partial charge in [0.25, 0.3) is 0 Å².